The first-order valence-electron chi connectivity index (χ1n) is 4.63. The molecule has 0 aliphatic rings. The summed E-state index contributed by atoms with van der Waals surface area (Å²) in [5.74, 6) is 0.385. The van der Waals surface area contributed by atoms with Crippen LogP contribution < -0.4 is 10.0 Å². The summed E-state index contributed by atoms with van der Waals surface area (Å²) in [5, 5.41) is 20.1. The van der Waals surface area contributed by atoms with E-state index in [1.54, 1.807) is 0 Å². The van der Waals surface area contributed by atoms with Crippen molar-refractivity contribution in [2.45, 2.75) is 39.5 Å². The van der Waals surface area contributed by atoms with E-state index in [-0.39, 0.29) is 0 Å². The molecule has 1 unspecified atom stereocenters. The van der Waals surface area contributed by atoms with Gasteiger partial charge < -0.3 is 14.7 Å². The van der Waals surface area contributed by atoms with Crippen molar-refractivity contribution in [3.63, 3.8) is 0 Å². The van der Waals surface area contributed by atoms with Gasteiger partial charge in [0.25, 0.3) is 0 Å². The van der Waals surface area contributed by atoms with Crippen LogP contribution in [0.2, 0.25) is 0 Å². The number of rotatable bonds is 7. The molecule has 0 N–H and O–H groups in total. The minimum Gasteiger partial charge on any atom is -0.871 e. The Hall–Kier alpha value is -0.0551. The van der Waals surface area contributed by atoms with Gasteiger partial charge in [0.1, 0.15) is 0 Å². The molecule has 0 aliphatic heterocycles. The second-order valence-corrected chi connectivity index (χ2v) is 3.04. The normalized spacial score (nSPS) is 13.0. The zero-order valence-corrected chi connectivity index (χ0v) is 7.91. The first kappa shape index (κ1) is 11.9. The molecule has 0 spiro atoms. The Balaban J connectivity index is 3.39. The Morgan fingerprint density at radius 3 is 2.42 bits per heavy atom. The van der Waals surface area contributed by atoms with Crippen LogP contribution in [0.25, 0.3) is 0 Å². The van der Waals surface area contributed by atoms with E-state index in [1.165, 1.54) is 0 Å². The predicted molar refractivity (Wildman–Crippen MR) is 45.0 cm³/mol. The van der Waals surface area contributed by atoms with Gasteiger partial charge in [-0.2, -0.15) is 0 Å². The lowest BCUT2D eigenvalue weighted by Gasteiger charge is -2.28. The predicted octanol–water partition coefficient (Wildman–Crippen LogP) is -0.0751. The summed E-state index contributed by atoms with van der Waals surface area (Å²) in [4.78, 5) is 0. The van der Waals surface area contributed by atoms with Gasteiger partial charge in [0.15, 0.2) is 0 Å². The lowest BCUT2D eigenvalue weighted by atomic mass is 10.00. The lowest BCUT2D eigenvalue weighted by Crippen LogP contribution is -2.48. The van der Waals surface area contributed by atoms with Gasteiger partial charge in [-0.05, 0) is 12.3 Å². The van der Waals surface area contributed by atoms with Crippen molar-refractivity contribution in [3.05, 3.63) is 0 Å². The number of hydrogen-bond donors (Lipinski definition) is 0. The number of hydrogen-bond acceptors (Lipinski definition) is 3. The molecule has 72 valence electrons. The molecule has 0 heterocycles. The highest BCUT2D eigenvalue weighted by Crippen LogP contribution is 2.12. The van der Waals surface area contributed by atoms with E-state index in [9.17, 15) is 10.0 Å². The molecule has 0 aliphatic carbocycles. The molecule has 0 amide bonds. The second kappa shape index (κ2) is 7.59. The molecule has 0 fully saturated rings. The fraction of sp³-hybridized carbons (Fsp3) is 1.00. The monoisotopic (exact) mass is 172 g/mol. The molecule has 0 aromatic heterocycles. The average Bonchev–Trinajstić information content (AvgIpc) is 2.05. The van der Waals surface area contributed by atoms with E-state index in [0.29, 0.717) is 12.5 Å². The summed E-state index contributed by atoms with van der Waals surface area (Å²) in [5.41, 5.74) is 0. The van der Waals surface area contributed by atoms with Crippen LogP contribution in [-0.2, 0) is 4.65 Å². The van der Waals surface area contributed by atoms with Crippen molar-refractivity contribution in [1.82, 2.24) is 0 Å². The maximum absolute atomic E-state index is 10.0. The highest BCUT2D eigenvalue weighted by atomic mass is 16.6. The summed E-state index contributed by atoms with van der Waals surface area (Å²) in [6.45, 7) is 4.50. The van der Waals surface area contributed by atoms with Crippen LogP contribution in [0.4, 0.5) is 0 Å². The van der Waals surface area contributed by atoms with Gasteiger partial charge in [0, 0.05) is 6.61 Å². The minimum atomic E-state index is -2.11. The van der Waals surface area contributed by atoms with Crippen LogP contribution in [0.1, 0.15) is 39.5 Å². The second-order valence-electron chi connectivity index (χ2n) is 3.04. The van der Waals surface area contributed by atoms with Gasteiger partial charge in [-0.15, -0.1) is 0 Å². The van der Waals surface area contributed by atoms with Gasteiger partial charge >= 0.3 is 0 Å². The van der Waals surface area contributed by atoms with Crippen molar-refractivity contribution < 1.29 is 14.7 Å². The maximum Gasteiger partial charge on any atom is 0.0604 e. The highest BCUT2D eigenvalue weighted by Gasteiger charge is 2.03. The molecule has 3 nitrogen and oxygen atoms in total. The fourth-order valence-electron chi connectivity index (χ4n) is 1.11. The minimum absolute atomic E-state index is 0.328. The van der Waals surface area contributed by atoms with Gasteiger partial charge in [0.05, 0.1) is 7.32 Å². The smallest absolute Gasteiger partial charge is 0.0604 e. The quantitative estimate of drug-likeness (QED) is 0.505. The molecule has 0 aromatic rings. The Morgan fingerprint density at radius 2 is 2.00 bits per heavy atom. The van der Waals surface area contributed by atoms with Crippen molar-refractivity contribution >= 4 is 7.32 Å². The lowest BCUT2D eigenvalue weighted by molar-refractivity contribution is -0.382. The molecule has 12 heavy (non-hydrogen) atoms. The Bertz CT molecular complexity index is 98.3. The Morgan fingerprint density at radius 1 is 1.33 bits per heavy atom. The van der Waals surface area contributed by atoms with E-state index >= 15 is 0 Å². The van der Waals surface area contributed by atoms with Gasteiger partial charge in [-0.1, -0.05) is 33.1 Å². The third-order valence-corrected chi connectivity index (χ3v) is 2.01. The average molecular weight is 172 g/mol. The van der Waals surface area contributed by atoms with E-state index in [4.69, 9.17) is 0 Å². The van der Waals surface area contributed by atoms with Crippen molar-refractivity contribution in [2.24, 2.45) is 5.92 Å². The molecule has 0 bridgehead atoms. The fourth-order valence-corrected chi connectivity index (χ4v) is 1.11. The van der Waals surface area contributed by atoms with Gasteiger partial charge in [-0.25, -0.2) is 0 Å². The van der Waals surface area contributed by atoms with Crippen LogP contribution in [0.3, 0.4) is 0 Å². The summed E-state index contributed by atoms with van der Waals surface area (Å²) >= 11 is 0. The molecule has 0 rings (SSSR count). The van der Waals surface area contributed by atoms with Crippen LogP contribution in [0.5, 0.6) is 0 Å². The summed E-state index contributed by atoms with van der Waals surface area (Å²) in [6.07, 6.45) is 4.32. The van der Waals surface area contributed by atoms with E-state index in [2.05, 4.69) is 11.6 Å². The molecule has 0 radical (unpaired) electrons. The molecular formula is C8H17BO3-2. The molecule has 0 aromatic carbocycles. The maximum atomic E-state index is 10.0. The molecule has 4 heteroatoms. The highest BCUT2D eigenvalue weighted by molar-refractivity contribution is 6.28. The third-order valence-electron chi connectivity index (χ3n) is 2.01. The van der Waals surface area contributed by atoms with Crippen molar-refractivity contribution in [2.75, 3.05) is 6.61 Å². The van der Waals surface area contributed by atoms with E-state index in [0.717, 1.165) is 25.7 Å². The van der Waals surface area contributed by atoms with Crippen LogP contribution in [-0.4, -0.2) is 13.9 Å². The van der Waals surface area contributed by atoms with Crippen LogP contribution in [0.15, 0.2) is 0 Å². The topological polar surface area (TPSA) is 55.3 Å². The van der Waals surface area contributed by atoms with E-state index in [1.807, 2.05) is 6.92 Å². The van der Waals surface area contributed by atoms with Crippen LogP contribution >= 0.6 is 0 Å². The standard InChI is InChI=1S/C8H17BO3/c1-3-5-6-8(4-2)7-12-9(10)11/h8H,3-7H2,1-2H3/q-2. The van der Waals surface area contributed by atoms with Crippen molar-refractivity contribution in [1.29, 1.82) is 0 Å². The summed E-state index contributed by atoms with van der Waals surface area (Å²) in [6, 6.07) is 0. The summed E-state index contributed by atoms with van der Waals surface area (Å²) < 4.78 is 4.48. The Kier molecular flexibility index (Phi) is 7.55. The van der Waals surface area contributed by atoms with E-state index < -0.39 is 7.32 Å². The third kappa shape index (κ3) is 6.64. The first-order chi connectivity index (χ1) is 5.70. The zero-order chi connectivity index (χ0) is 9.40. The Labute approximate surface area is 74.9 Å². The van der Waals surface area contributed by atoms with Crippen LogP contribution in [0, 0.1) is 5.92 Å². The largest absolute Gasteiger partial charge is 0.871 e. The van der Waals surface area contributed by atoms with Crippen molar-refractivity contribution in [3.8, 4) is 0 Å². The van der Waals surface area contributed by atoms with Gasteiger partial charge in [-0.3, -0.25) is 0 Å². The first-order valence-corrected chi connectivity index (χ1v) is 4.63. The van der Waals surface area contributed by atoms with Gasteiger partial charge in [0.2, 0.25) is 0 Å². The molecule has 0 saturated heterocycles. The zero-order valence-electron chi connectivity index (χ0n) is 7.91. The molecular weight excluding hydrogens is 155 g/mol. The molecule has 1 atom stereocenters. The number of unbranched alkanes of at least 4 members (excludes halogenated alkanes) is 1. The SMILES string of the molecule is CCCCC(CC)COB([O-])[O-]. The molecule has 0 saturated carbocycles. The summed E-state index contributed by atoms with van der Waals surface area (Å²) in [7, 11) is -2.11.